The van der Waals surface area contributed by atoms with E-state index in [2.05, 4.69) is 19.2 Å². The molecule has 14 heteroatoms. The smallest absolute Gasteiger partial charge is 0.220 e. The summed E-state index contributed by atoms with van der Waals surface area (Å²) in [5, 5.41) is 86.6. The third-order valence-corrected chi connectivity index (χ3v) is 14.3. The molecule has 0 bridgehead atoms. The Balaban J connectivity index is 1.59. The number of rotatable bonds is 45. The topological polar surface area (TPSA) is 228 Å². The molecular weight excluding hydrogens is 871 g/mol. The fourth-order valence-corrected chi connectivity index (χ4v) is 9.71. The van der Waals surface area contributed by atoms with Crippen molar-refractivity contribution in [2.24, 2.45) is 0 Å². The molecule has 12 unspecified atom stereocenters. The SMILES string of the molecule is CCCCCCCCCCCCCCCCCCCCCCCCCCCCCCCC(O)C(COC1OC(CO)C(OC2OC(CO)C(O)C(O)C2O)C(O)C1O)NC(=O)CCCCCCC. The molecule has 2 saturated heterocycles. The number of ether oxygens (including phenoxy) is 4. The molecule has 0 aromatic rings. The first-order valence-corrected chi connectivity index (χ1v) is 28.3. The number of carbonyl (C=O) groups excluding carboxylic acids is 1. The molecule has 9 N–H and O–H groups in total. The quantitative estimate of drug-likeness (QED) is 0.0261. The van der Waals surface area contributed by atoms with Gasteiger partial charge in [-0.2, -0.15) is 0 Å². The third kappa shape index (κ3) is 27.7. The van der Waals surface area contributed by atoms with Crippen LogP contribution in [0.3, 0.4) is 0 Å². The van der Waals surface area contributed by atoms with Crippen LogP contribution >= 0.6 is 0 Å². The number of hydrogen-bond donors (Lipinski definition) is 9. The van der Waals surface area contributed by atoms with Crippen molar-refractivity contribution >= 4 is 5.91 Å². The molecule has 2 heterocycles. The maximum Gasteiger partial charge on any atom is 0.220 e. The number of nitrogens with one attached hydrogen (secondary N) is 1. The van der Waals surface area contributed by atoms with Crippen LogP contribution in [0, 0.1) is 0 Å². The molecular formula is C54H105NO13. The highest BCUT2D eigenvalue weighted by Crippen LogP contribution is 2.30. The van der Waals surface area contributed by atoms with E-state index >= 15 is 0 Å². The summed E-state index contributed by atoms with van der Waals surface area (Å²) in [6, 6.07) is -0.819. The fraction of sp³-hybridized carbons (Fsp3) is 0.981. The minimum atomic E-state index is -1.78. The zero-order chi connectivity index (χ0) is 49.6. The average Bonchev–Trinajstić information content (AvgIpc) is 3.34. The van der Waals surface area contributed by atoms with Crippen LogP contribution in [0.25, 0.3) is 0 Å². The van der Waals surface area contributed by atoms with Crippen molar-refractivity contribution < 1.29 is 64.6 Å². The van der Waals surface area contributed by atoms with E-state index in [0.29, 0.717) is 12.8 Å². The van der Waals surface area contributed by atoms with Gasteiger partial charge in [0, 0.05) is 6.42 Å². The van der Waals surface area contributed by atoms with Crippen molar-refractivity contribution in [1.29, 1.82) is 0 Å². The van der Waals surface area contributed by atoms with Crippen LogP contribution in [0.1, 0.15) is 245 Å². The standard InChI is InChI=1S/C54H105NO13/c1-3-5-7-9-10-11-12-13-14-15-16-17-18-19-20-21-22-23-24-25-26-27-28-29-30-31-32-34-35-37-43(58)42(55-46(59)38-36-33-8-6-4-2)41-65-53-51(64)49(62)52(45(40-57)67-53)68-54-50(63)48(61)47(60)44(39-56)66-54/h42-45,47-54,56-58,60-64H,3-41H2,1-2H3,(H,55,59). The molecule has 2 aliphatic rings. The lowest BCUT2D eigenvalue weighted by Gasteiger charge is -2.46. The van der Waals surface area contributed by atoms with Crippen LogP contribution in [0.4, 0.5) is 0 Å². The van der Waals surface area contributed by atoms with Gasteiger partial charge in [-0.15, -0.1) is 0 Å². The van der Waals surface area contributed by atoms with Gasteiger partial charge in [0.05, 0.1) is 32.0 Å². The normalized spacial score (nSPS) is 26.3. The maximum absolute atomic E-state index is 13.0. The summed E-state index contributed by atoms with van der Waals surface area (Å²) >= 11 is 0. The van der Waals surface area contributed by atoms with Crippen molar-refractivity contribution in [1.82, 2.24) is 5.32 Å². The maximum atomic E-state index is 13.0. The second kappa shape index (κ2) is 41.5. The van der Waals surface area contributed by atoms with Crippen molar-refractivity contribution in [3.63, 3.8) is 0 Å². The summed E-state index contributed by atoms with van der Waals surface area (Å²) in [6.45, 7) is 2.78. The Hall–Kier alpha value is -1.01. The van der Waals surface area contributed by atoms with Gasteiger partial charge in [0.15, 0.2) is 12.6 Å². The van der Waals surface area contributed by atoms with Crippen LogP contribution < -0.4 is 5.32 Å². The molecule has 0 aliphatic carbocycles. The lowest BCUT2D eigenvalue weighted by Crippen LogP contribution is -2.65. The van der Waals surface area contributed by atoms with Crippen molar-refractivity contribution in [2.45, 2.75) is 319 Å². The van der Waals surface area contributed by atoms with Crippen molar-refractivity contribution in [3.8, 4) is 0 Å². The van der Waals surface area contributed by atoms with Crippen LogP contribution in [-0.4, -0.2) is 140 Å². The van der Waals surface area contributed by atoms with E-state index in [-0.39, 0.29) is 12.5 Å². The number of hydrogen-bond acceptors (Lipinski definition) is 13. The molecule has 0 aromatic carbocycles. The fourth-order valence-electron chi connectivity index (χ4n) is 9.71. The van der Waals surface area contributed by atoms with E-state index in [0.717, 1.165) is 57.8 Å². The van der Waals surface area contributed by atoms with Gasteiger partial charge in [-0.25, -0.2) is 0 Å². The van der Waals surface area contributed by atoms with E-state index in [9.17, 15) is 45.6 Å². The molecule has 0 aromatic heterocycles. The monoisotopic (exact) mass is 976 g/mol. The highest BCUT2D eigenvalue weighted by atomic mass is 16.7. The zero-order valence-electron chi connectivity index (χ0n) is 43.1. The second-order valence-corrected chi connectivity index (χ2v) is 20.4. The zero-order valence-corrected chi connectivity index (χ0v) is 43.1. The number of aliphatic hydroxyl groups excluding tert-OH is 8. The molecule has 0 radical (unpaired) electrons. The molecule has 2 aliphatic heterocycles. The molecule has 2 rings (SSSR count). The van der Waals surface area contributed by atoms with Gasteiger partial charge in [0.2, 0.25) is 5.91 Å². The lowest BCUT2D eigenvalue weighted by atomic mass is 9.97. The van der Waals surface area contributed by atoms with Gasteiger partial charge in [-0.05, 0) is 12.8 Å². The Morgan fingerprint density at radius 2 is 0.838 bits per heavy atom. The van der Waals surface area contributed by atoms with E-state index in [1.54, 1.807) is 0 Å². The molecule has 12 atom stereocenters. The third-order valence-electron chi connectivity index (χ3n) is 14.3. The highest BCUT2D eigenvalue weighted by molar-refractivity contribution is 5.76. The minimum Gasteiger partial charge on any atom is -0.394 e. The Bertz CT molecular complexity index is 1150. The molecule has 14 nitrogen and oxygen atoms in total. The largest absolute Gasteiger partial charge is 0.394 e. The Morgan fingerprint density at radius 1 is 0.471 bits per heavy atom. The van der Waals surface area contributed by atoms with Crippen LogP contribution in [0.2, 0.25) is 0 Å². The second-order valence-electron chi connectivity index (χ2n) is 20.4. The number of aliphatic hydroxyl groups is 8. The highest BCUT2D eigenvalue weighted by Gasteiger charge is 2.51. The lowest BCUT2D eigenvalue weighted by molar-refractivity contribution is -0.359. The summed E-state index contributed by atoms with van der Waals surface area (Å²) < 4.78 is 22.7. The van der Waals surface area contributed by atoms with Gasteiger partial charge < -0.3 is 65.1 Å². The summed E-state index contributed by atoms with van der Waals surface area (Å²) in [5.74, 6) is -0.217. The van der Waals surface area contributed by atoms with Gasteiger partial charge in [-0.3, -0.25) is 4.79 Å². The van der Waals surface area contributed by atoms with Gasteiger partial charge >= 0.3 is 0 Å². The van der Waals surface area contributed by atoms with E-state index in [1.165, 1.54) is 161 Å². The number of amides is 1. The first kappa shape index (κ1) is 63.1. The Kier molecular flexibility index (Phi) is 38.5. The van der Waals surface area contributed by atoms with E-state index < -0.39 is 86.8 Å². The molecule has 404 valence electrons. The van der Waals surface area contributed by atoms with Gasteiger partial charge in [0.1, 0.15) is 48.8 Å². The molecule has 2 fully saturated rings. The summed E-state index contributed by atoms with van der Waals surface area (Å²) in [4.78, 5) is 13.0. The summed E-state index contributed by atoms with van der Waals surface area (Å²) in [5.41, 5.74) is 0. The van der Waals surface area contributed by atoms with Gasteiger partial charge in [-0.1, -0.05) is 226 Å². The van der Waals surface area contributed by atoms with Crippen LogP contribution in [0.15, 0.2) is 0 Å². The molecule has 1 amide bonds. The van der Waals surface area contributed by atoms with Crippen molar-refractivity contribution in [2.75, 3.05) is 19.8 Å². The average molecular weight is 976 g/mol. The summed E-state index contributed by atoms with van der Waals surface area (Å²) in [6.07, 6.45) is 27.7. The Labute approximate surface area is 413 Å². The first-order valence-electron chi connectivity index (χ1n) is 28.3. The van der Waals surface area contributed by atoms with E-state index in [1.807, 2.05) is 0 Å². The summed E-state index contributed by atoms with van der Waals surface area (Å²) in [7, 11) is 0. The van der Waals surface area contributed by atoms with Crippen LogP contribution in [-0.2, 0) is 23.7 Å². The van der Waals surface area contributed by atoms with Gasteiger partial charge in [0.25, 0.3) is 0 Å². The molecule has 0 spiro atoms. The molecule has 0 saturated carbocycles. The minimum absolute atomic E-state index is 0.217. The Morgan fingerprint density at radius 3 is 1.25 bits per heavy atom. The number of carbonyl (C=O) groups is 1. The van der Waals surface area contributed by atoms with Crippen molar-refractivity contribution in [3.05, 3.63) is 0 Å². The number of unbranched alkanes of at least 4 members (excludes halogenated alkanes) is 32. The molecule has 68 heavy (non-hydrogen) atoms. The van der Waals surface area contributed by atoms with E-state index in [4.69, 9.17) is 18.9 Å². The first-order chi connectivity index (χ1) is 33.1. The van der Waals surface area contributed by atoms with Crippen LogP contribution in [0.5, 0.6) is 0 Å². The predicted molar refractivity (Wildman–Crippen MR) is 268 cm³/mol. The predicted octanol–water partition coefficient (Wildman–Crippen LogP) is 8.56.